The summed E-state index contributed by atoms with van der Waals surface area (Å²) in [6, 6.07) is 7.95. The van der Waals surface area contributed by atoms with Crippen molar-refractivity contribution >= 4 is 40.9 Å². The maximum Gasteiger partial charge on any atom is 0.338 e. The van der Waals surface area contributed by atoms with Crippen molar-refractivity contribution in [2.45, 2.75) is 13.0 Å². The van der Waals surface area contributed by atoms with Gasteiger partial charge in [0.05, 0.1) is 43.2 Å². The molecular weight excluding hydrogens is 506 g/mol. The largest absolute Gasteiger partial charge is 0.496 e. The number of hydrogen-bond acceptors (Lipinski definition) is 9. The van der Waals surface area contributed by atoms with Crippen LogP contribution in [0.4, 0.5) is 5.88 Å². The molecule has 0 spiro atoms. The molecule has 0 saturated carbocycles. The molecule has 2 aromatic heterocycles. The summed E-state index contributed by atoms with van der Waals surface area (Å²) in [5, 5.41) is 0.443. The number of furan rings is 1. The fraction of sp³-hybridized carbons (Fsp3) is 0.320. The number of methoxy groups -OCH3 is 2. The quantitative estimate of drug-likeness (QED) is 0.469. The summed E-state index contributed by atoms with van der Waals surface area (Å²) in [4.78, 5) is 33.7. The third-order valence-electron chi connectivity index (χ3n) is 6.12. The second kappa shape index (κ2) is 9.96. The van der Waals surface area contributed by atoms with Crippen LogP contribution < -0.4 is 24.5 Å². The first-order chi connectivity index (χ1) is 17.4. The number of carbonyl (C=O) groups excluding carboxylic acids is 1. The topological polar surface area (TPSA) is 95.5 Å². The summed E-state index contributed by atoms with van der Waals surface area (Å²) in [5.41, 5.74) is 0.933. The van der Waals surface area contributed by atoms with Gasteiger partial charge in [-0.05, 0) is 31.2 Å². The van der Waals surface area contributed by atoms with Gasteiger partial charge in [-0.15, -0.1) is 0 Å². The highest BCUT2D eigenvalue weighted by Gasteiger charge is 2.35. The molecule has 1 atom stereocenters. The van der Waals surface area contributed by atoms with Crippen molar-refractivity contribution in [3.8, 4) is 5.75 Å². The van der Waals surface area contributed by atoms with E-state index in [9.17, 15) is 9.59 Å². The zero-order valence-corrected chi connectivity index (χ0v) is 21.5. The molecule has 4 heterocycles. The van der Waals surface area contributed by atoms with Crippen LogP contribution in [0.3, 0.4) is 0 Å². The summed E-state index contributed by atoms with van der Waals surface area (Å²) in [6.45, 7) is 4.49. The van der Waals surface area contributed by atoms with Crippen LogP contribution in [-0.4, -0.2) is 51.1 Å². The van der Waals surface area contributed by atoms with E-state index in [0.717, 1.165) is 19.0 Å². The summed E-state index contributed by atoms with van der Waals surface area (Å²) in [5.74, 6) is 1.17. The average Bonchev–Trinajstić information content (AvgIpc) is 3.48. The Kier molecular flexibility index (Phi) is 6.74. The second-order valence-electron chi connectivity index (χ2n) is 8.24. The molecule has 1 fully saturated rings. The number of benzene rings is 1. The molecule has 2 aliphatic heterocycles. The lowest BCUT2D eigenvalue weighted by Crippen LogP contribution is -2.40. The predicted molar refractivity (Wildman–Crippen MR) is 136 cm³/mol. The van der Waals surface area contributed by atoms with Crippen LogP contribution in [0.25, 0.3) is 6.08 Å². The number of esters is 1. The Morgan fingerprint density at radius 3 is 2.72 bits per heavy atom. The zero-order valence-electron chi connectivity index (χ0n) is 19.9. The lowest BCUT2D eigenvalue weighted by Gasteiger charge is -2.26. The number of allylic oxidation sites excluding steroid dienone is 1. The summed E-state index contributed by atoms with van der Waals surface area (Å²) in [7, 11) is 2.82. The number of fused-ring (bicyclic) bond motifs is 1. The molecule has 2 aliphatic rings. The Balaban J connectivity index is 1.66. The summed E-state index contributed by atoms with van der Waals surface area (Å²) >= 11 is 7.53. The van der Waals surface area contributed by atoms with Gasteiger partial charge in [0.15, 0.2) is 10.7 Å². The number of thiazole rings is 1. The van der Waals surface area contributed by atoms with E-state index in [4.69, 9.17) is 30.2 Å². The number of halogens is 1. The van der Waals surface area contributed by atoms with Crippen LogP contribution >= 0.6 is 22.9 Å². The number of ether oxygens (including phenoxy) is 3. The van der Waals surface area contributed by atoms with Crippen molar-refractivity contribution in [1.82, 2.24) is 4.57 Å². The van der Waals surface area contributed by atoms with Crippen molar-refractivity contribution in [3.63, 3.8) is 0 Å². The van der Waals surface area contributed by atoms with Gasteiger partial charge in [0, 0.05) is 35.8 Å². The summed E-state index contributed by atoms with van der Waals surface area (Å²) in [6.07, 6.45) is 1.69. The molecule has 9 nitrogen and oxygen atoms in total. The number of anilines is 1. The predicted octanol–water partition coefficient (Wildman–Crippen LogP) is 2.50. The molecule has 188 valence electrons. The first-order valence-corrected chi connectivity index (χ1v) is 12.5. The molecule has 3 aromatic rings. The van der Waals surface area contributed by atoms with E-state index in [1.54, 1.807) is 31.2 Å². The molecule has 1 saturated heterocycles. The number of nitrogens with zero attached hydrogens (tertiary/aromatic N) is 3. The molecule has 36 heavy (non-hydrogen) atoms. The number of rotatable bonds is 5. The van der Waals surface area contributed by atoms with Gasteiger partial charge in [-0.2, -0.15) is 0 Å². The standard InChI is InChI=1S/C25H24ClN3O6S/c1-14-21(24(31)33-3)22(17-12-15(26)4-6-18(17)32-2)29-23(30)19(36-25(29)27-14)13-16-5-7-20(35-16)28-8-10-34-11-9-28/h4-7,12-13,22H,8-11H2,1-3H3/b19-13-/t22-/m0/s1. The number of aromatic nitrogens is 1. The highest BCUT2D eigenvalue weighted by molar-refractivity contribution is 7.07. The van der Waals surface area contributed by atoms with E-state index < -0.39 is 12.0 Å². The third kappa shape index (κ3) is 4.36. The van der Waals surface area contributed by atoms with Gasteiger partial charge < -0.3 is 23.5 Å². The molecule has 1 aromatic carbocycles. The van der Waals surface area contributed by atoms with Crippen LogP contribution in [0, 0.1) is 0 Å². The third-order valence-corrected chi connectivity index (χ3v) is 7.34. The maximum atomic E-state index is 13.7. The number of hydrogen-bond donors (Lipinski definition) is 0. The minimum atomic E-state index is -0.829. The Hall–Kier alpha value is -3.34. The van der Waals surface area contributed by atoms with E-state index in [-0.39, 0.29) is 11.1 Å². The monoisotopic (exact) mass is 529 g/mol. The Morgan fingerprint density at radius 1 is 1.22 bits per heavy atom. The van der Waals surface area contributed by atoms with Crippen LogP contribution in [0.1, 0.15) is 24.3 Å². The van der Waals surface area contributed by atoms with Crippen molar-refractivity contribution < 1.29 is 23.4 Å². The van der Waals surface area contributed by atoms with Crippen LogP contribution in [0.15, 0.2) is 55.8 Å². The van der Waals surface area contributed by atoms with Crippen molar-refractivity contribution in [2.24, 2.45) is 4.99 Å². The molecule has 5 rings (SSSR count). The highest BCUT2D eigenvalue weighted by Crippen LogP contribution is 2.37. The fourth-order valence-electron chi connectivity index (χ4n) is 4.41. The smallest absolute Gasteiger partial charge is 0.338 e. The Bertz CT molecular complexity index is 1530. The molecule has 0 radical (unpaired) electrons. The molecule has 0 aliphatic carbocycles. The van der Waals surface area contributed by atoms with Crippen LogP contribution in [0.2, 0.25) is 5.02 Å². The van der Waals surface area contributed by atoms with E-state index in [0.29, 0.717) is 50.3 Å². The minimum absolute atomic E-state index is 0.240. The van der Waals surface area contributed by atoms with Gasteiger partial charge in [-0.25, -0.2) is 9.79 Å². The summed E-state index contributed by atoms with van der Waals surface area (Å²) < 4.78 is 23.9. The fourth-order valence-corrected chi connectivity index (χ4v) is 5.62. The minimum Gasteiger partial charge on any atom is -0.496 e. The van der Waals surface area contributed by atoms with Crippen LogP contribution in [-0.2, 0) is 14.3 Å². The van der Waals surface area contributed by atoms with Gasteiger partial charge in [0.1, 0.15) is 17.6 Å². The lowest BCUT2D eigenvalue weighted by molar-refractivity contribution is -0.136. The van der Waals surface area contributed by atoms with Gasteiger partial charge >= 0.3 is 5.97 Å². The van der Waals surface area contributed by atoms with Gasteiger partial charge in [-0.3, -0.25) is 9.36 Å². The van der Waals surface area contributed by atoms with E-state index in [1.165, 1.54) is 30.1 Å². The highest BCUT2D eigenvalue weighted by atomic mass is 35.5. The Morgan fingerprint density at radius 2 is 2.00 bits per heavy atom. The van der Waals surface area contributed by atoms with E-state index >= 15 is 0 Å². The molecular formula is C25H24ClN3O6S. The average molecular weight is 530 g/mol. The van der Waals surface area contributed by atoms with Crippen molar-refractivity contribution in [2.75, 3.05) is 45.4 Å². The zero-order chi connectivity index (χ0) is 25.4. The van der Waals surface area contributed by atoms with Gasteiger partial charge in [0.2, 0.25) is 0 Å². The van der Waals surface area contributed by atoms with Crippen LogP contribution in [0.5, 0.6) is 5.75 Å². The van der Waals surface area contributed by atoms with E-state index in [1.807, 2.05) is 12.1 Å². The normalized spacial score (nSPS) is 18.2. The van der Waals surface area contributed by atoms with Crippen molar-refractivity contribution in [1.29, 1.82) is 0 Å². The second-order valence-corrected chi connectivity index (χ2v) is 9.68. The van der Waals surface area contributed by atoms with Gasteiger partial charge in [-0.1, -0.05) is 22.9 Å². The maximum absolute atomic E-state index is 13.7. The van der Waals surface area contributed by atoms with Crippen molar-refractivity contribution in [3.05, 3.63) is 77.6 Å². The SMILES string of the molecule is COC(=O)C1=C(C)N=c2s/c(=C\c3ccc(N4CCOCC4)o3)c(=O)n2[C@H]1c1cc(Cl)ccc1OC. The molecule has 0 unspecified atom stereocenters. The molecule has 0 N–H and O–H groups in total. The first kappa shape index (κ1) is 24.4. The van der Waals surface area contributed by atoms with Gasteiger partial charge in [0.25, 0.3) is 5.56 Å². The molecule has 0 amide bonds. The number of carbonyl (C=O) groups is 1. The molecule has 0 bridgehead atoms. The van der Waals surface area contributed by atoms with E-state index in [2.05, 4.69) is 9.89 Å². The first-order valence-electron chi connectivity index (χ1n) is 11.3. The lowest BCUT2D eigenvalue weighted by atomic mass is 9.95. The number of morpholine rings is 1. The Labute approximate surface area is 215 Å². The molecule has 11 heteroatoms.